The molecular weight excluding hydrogens is 350 g/mol. The van der Waals surface area contributed by atoms with Crippen molar-refractivity contribution in [2.24, 2.45) is 0 Å². The topological polar surface area (TPSA) is 66.5 Å². The summed E-state index contributed by atoms with van der Waals surface area (Å²) in [6, 6.07) is 7.82. The van der Waals surface area contributed by atoms with Gasteiger partial charge in [-0.25, -0.2) is 17.2 Å². The summed E-state index contributed by atoms with van der Waals surface area (Å²) < 4.78 is 52.5. The number of carbonyl (C=O) groups excluding carboxylic acids is 1. The van der Waals surface area contributed by atoms with Crippen molar-refractivity contribution >= 4 is 21.6 Å². The summed E-state index contributed by atoms with van der Waals surface area (Å²) in [5.41, 5.74) is -0.00189. The predicted molar refractivity (Wildman–Crippen MR) is 90.8 cm³/mol. The van der Waals surface area contributed by atoms with Crippen LogP contribution in [0.4, 0.5) is 14.5 Å². The smallest absolute Gasteiger partial charge is 0.255 e. The Labute approximate surface area is 145 Å². The molecule has 0 bridgehead atoms. The van der Waals surface area contributed by atoms with Gasteiger partial charge in [0.05, 0.1) is 4.90 Å². The summed E-state index contributed by atoms with van der Waals surface area (Å²) in [5, 5.41) is 2.34. The minimum absolute atomic E-state index is 0.0400. The van der Waals surface area contributed by atoms with Gasteiger partial charge in [0.1, 0.15) is 11.6 Å². The molecule has 1 amide bonds. The van der Waals surface area contributed by atoms with Crippen molar-refractivity contribution in [1.29, 1.82) is 0 Å². The van der Waals surface area contributed by atoms with Gasteiger partial charge in [-0.2, -0.15) is 4.31 Å². The predicted octanol–water partition coefficient (Wildman–Crippen LogP) is 3.25. The first-order chi connectivity index (χ1) is 11.6. The van der Waals surface area contributed by atoms with Gasteiger partial charge in [0, 0.05) is 30.4 Å². The van der Waals surface area contributed by atoms with Crippen LogP contribution in [0.25, 0.3) is 0 Å². The number of hydrogen-bond donors (Lipinski definition) is 1. The van der Waals surface area contributed by atoms with Crippen LogP contribution in [-0.4, -0.2) is 31.7 Å². The number of sulfonamides is 1. The maximum Gasteiger partial charge on any atom is 0.255 e. The van der Waals surface area contributed by atoms with Crippen molar-refractivity contribution in [1.82, 2.24) is 4.31 Å². The molecule has 5 nitrogen and oxygen atoms in total. The fraction of sp³-hybridized carbons (Fsp3) is 0.235. The molecule has 0 spiro atoms. The van der Waals surface area contributed by atoms with Crippen molar-refractivity contribution in [2.45, 2.75) is 24.8 Å². The Balaban J connectivity index is 2.30. The van der Waals surface area contributed by atoms with Crippen molar-refractivity contribution in [3.05, 3.63) is 59.7 Å². The Hall–Kier alpha value is -2.32. The van der Waals surface area contributed by atoms with Gasteiger partial charge in [-0.1, -0.05) is 6.07 Å². The standard InChI is InChI=1S/C17H18F2N2O3S/c1-11(2)21(3)25(23,24)16-6-4-5-12(7-16)17(22)20-15-9-13(18)8-14(19)10-15/h4-11H,1-3H3,(H,20,22). The number of nitrogens with zero attached hydrogens (tertiary/aromatic N) is 1. The minimum Gasteiger partial charge on any atom is -0.322 e. The lowest BCUT2D eigenvalue weighted by Crippen LogP contribution is -2.33. The van der Waals surface area contributed by atoms with E-state index in [1.807, 2.05) is 0 Å². The van der Waals surface area contributed by atoms with E-state index in [0.29, 0.717) is 6.07 Å². The van der Waals surface area contributed by atoms with Crippen LogP contribution in [0.15, 0.2) is 47.4 Å². The van der Waals surface area contributed by atoms with Crippen LogP contribution in [0.2, 0.25) is 0 Å². The Morgan fingerprint density at radius 3 is 2.24 bits per heavy atom. The van der Waals surface area contributed by atoms with Gasteiger partial charge in [-0.3, -0.25) is 4.79 Å². The van der Waals surface area contributed by atoms with E-state index in [2.05, 4.69) is 5.32 Å². The lowest BCUT2D eigenvalue weighted by Gasteiger charge is -2.21. The summed E-state index contributed by atoms with van der Waals surface area (Å²) in [4.78, 5) is 12.2. The van der Waals surface area contributed by atoms with E-state index in [-0.39, 0.29) is 22.2 Å². The average Bonchev–Trinajstić information content (AvgIpc) is 2.53. The van der Waals surface area contributed by atoms with Gasteiger partial charge in [0.25, 0.3) is 5.91 Å². The maximum atomic E-state index is 13.2. The SMILES string of the molecule is CC(C)N(C)S(=O)(=O)c1cccc(C(=O)Nc2cc(F)cc(F)c2)c1. The third-order valence-corrected chi connectivity index (χ3v) is 5.65. The van der Waals surface area contributed by atoms with Crippen LogP contribution < -0.4 is 5.32 Å². The highest BCUT2D eigenvalue weighted by Gasteiger charge is 2.24. The Morgan fingerprint density at radius 1 is 1.08 bits per heavy atom. The molecule has 0 aliphatic heterocycles. The van der Waals surface area contributed by atoms with Crippen LogP contribution in [0.3, 0.4) is 0 Å². The average molecular weight is 368 g/mol. The van der Waals surface area contributed by atoms with Crippen molar-refractivity contribution in [3.8, 4) is 0 Å². The number of halogens is 2. The van der Waals surface area contributed by atoms with Crippen LogP contribution in [0, 0.1) is 11.6 Å². The first kappa shape index (κ1) is 19.0. The first-order valence-corrected chi connectivity index (χ1v) is 8.91. The van der Waals surface area contributed by atoms with E-state index in [1.165, 1.54) is 35.6 Å². The summed E-state index contributed by atoms with van der Waals surface area (Å²) in [7, 11) is -2.30. The zero-order valence-electron chi connectivity index (χ0n) is 14.0. The third-order valence-electron chi connectivity index (χ3n) is 3.62. The molecule has 1 N–H and O–H groups in total. The van der Waals surface area contributed by atoms with E-state index in [0.717, 1.165) is 12.1 Å². The molecule has 8 heteroatoms. The fourth-order valence-corrected chi connectivity index (χ4v) is 3.48. The zero-order valence-corrected chi connectivity index (χ0v) is 14.8. The molecule has 0 atom stereocenters. The molecule has 0 unspecified atom stereocenters. The van der Waals surface area contributed by atoms with Gasteiger partial charge in [-0.15, -0.1) is 0 Å². The van der Waals surface area contributed by atoms with Gasteiger partial charge >= 0.3 is 0 Å². The lowest BCUT2D eigenvalue weighted by atomic mass is 10.2. The van der Waals surface area contributed by atoms with E-state index in [4.69, 9.17) is 0 Å². The largest absolute Gasteiger partial charge is 0.322 e. The first-order valence-electron chi connectivity index (χ1n) is 7.47. The molecule has 0 aliphatic carbocycles. The summed E-state index contributed by atoms with van der Waals surface area (Å²) in [6.07, 6.45) is 0. The van der Waals surface area contributed by atoms with E-state index in [9.17, 15) is 22.0 Å². The Morgan fingerprint density at radius 2 is 1.68 bits per heavy atom. The van der Waals surface area contributed by atoms with E-state index < -0.39 is 27.6 Å². The van der Waals surface area contributed by atoms with Gasteiger partial charge in [0.2, 0.25) is 10.0 Å². The molecule has 2 aromatic rings. The minimum atomic E-state index is -3.75. The van der Waals surface area contributed by atoms with Gasteiger partial charge in [-0.05, 0) is 44.2 Å². The molecule has 0 heterocycles. The highest BCUT2D eigenvalue weighted by atomic mass is 32.2. The molecular formula is C17H18F2N2O3S. The van der Waals surface area contributed by atoms with Crippen LogP contribution in [0.1, 0.15) is 24.2 Å². The molecule has 0 radical (unpaired) electrons. The number of amides is 1. The number of anilines is 1. The molecule has 0 aliphatic rings. The van der Waals surface area contributed by atoms with Crippen LogP contribution in [0.5, 0.6) is 0 Å². The molecule has 0 fully saturated rings. The fourth-order valence-electron chi connectivity index (χ4n) is 2.07. The number of rotatable bonds is 5. The van der Waals surface area contributed by atoms with E-state index >= 15 is 0 Å². The second-order valence-electron chi connectivity index (χ2n) is 5.76. The normalized spacial score (nSPS) is 11.8. The molecule has 0 saturated heterocycles. The second-order valence-corrected chi connectivity index (χ2v) is 7.75. The highest BCUT2D eigenvalue weighted by molar-refractivity contribution is 7.89. The highest BCUT2D eigenvalue weighted by Crippen LogP contribution is 2.19. The Bertz CT molecular complexity index is 878. The Kier molecular flexibility index (Phi) is 5.54. The second kappa shape index (κ2) is 7.28. The lowest BCUT2D eigenvalue weighted by molar-refractivity contribution is 0.102. The van der Waals surface area contributed by atoms with Gasteiger partial charge < -0.3 is 5.32 Å². The summed E-state index contributed by atoms with van der Waals surface area (Å²) in [5.74, 6) is -2.33. The number of carbonyl (C=O) groups is 1. The molecule has 0 saturated carbocycles. The zero-order chi connectivity index (χ0) is 18.8. The molecule has 2 rings (SSSR count). The van der Waals surface area contributed by atoms with Crippen LogP contribution in [-0.2, 0) is 10.0 Å². The molecule has 2 aromatic carbocycles. The molecule has 25 heavy (non-hydrogen) atoms. The van der Waals surface area contributed by atoms with E-state index in [1.54, 1.807) is 13.8 Å². The maximum absolute atomic E-state index is 13.2. The summed E-state index contributed by atoms with van der Waals surface area (Å²) >= 11 is 0. The number of benzene rings is 2. The van der Waals surface area contributed by atoms with Crippen molar-refractivity contribution < 1.29 is 22.0 Å². The molecule has 134 valence electrons. The number of nitrogens with one attached hydrogen (secondary N) is 1. The molecule has 0 aromatic heterocycles. The number of hydrogen-bond acceptors (Lipinski definition) is 3. The van der Waals surface area contributed by atoms with Crippen molar-refractivity contribution in [3.63, 3.8) is 0 Å². The summed E-state index contributed by atoms with van der Waals surface area (Å²) in [6.45, 7) is 3.46. The monoisotopic (exact) mass is 368 g/mol. The van der Waals surface area contributed by atoms with Crippen molar-refractivity contribution in [2.75, 3.05) is 12.4 Å². The van der Waals surface area contributed by atoms with Gasteiger partial charge in [0.15, 0.2) is 0 Å². The third kappa shape index (κ3) is 4.40. The quantitative estimate of drug-likeness (QED) is 0.881. The van der Waals surface area contributed by atoms with Crippen LogP contribution >= 0.6 is 0 Å².